The van der Waals surface area contributed by atoms with Crippen LogP contribution in [0, 0.1) is 0 Å². The lowest BCUT2D eigenvalue weighted by Crippen LogP contribution is -2.53. The molecule has 1 aromatic heterocycles. The first-order valence-corrected chi connectivity index (χ1v) is 11.8. The van der Waals surface area contributed by atoms with E-state index in [1.807, 2.05) is 4.90 Å². The molecule has 2 atom stereocenters. The molecular formula is C22H24Cl2F2N6O3. The van der Waals surface area contributed by atoms with Crippen LogP contribution < -0.4 is 20.3 Å². The Morgan fingerprint density at radius 3 is 2.63 bits per heavy atom. The number of ether oxygens (including phenoxy) is 1. The molecule has 1 aromatic carbocycles. The molecular weight excluding hydrogens is 505 g/mol. The third kappa shape index (κ3) is 6.02. The average molecular weight is 529 g/mol. The van der Waals surface area contributed by atoms with Crippen molar-refractivity contribution in [1.29, 1.82) is 0 Å². The van der Waals surface area contributed by atoms with E-state index >= 15 is 0 Å². The summed E-state index contributed by atoms with van der Waals surface area (Å²) in [6.07, 6.45) is 2.04. The first-order valence-electron chi connectivity index (χ1n) is 11.1. The number of halogens is 4. The first kappa shape index (κ1) is 25.2. The quantitative estimate of drug-likeness (QED) is 0.567. The van der Waals surface area contributed by atoms with Crippen LogP contribution in [0.25, 0.3) is 0 Å². The standard InChI is InChI=1S/C22H24Cl2F2N6O3/c1-12(14-3-2-13(23)10-15(14)24)28-19-17(35-21(25)26)11-27-22(30-19)32-8-6-31(7-9-32)20(34)16-4-5-18(33)29-16/h2-3,10-12,16,21H,4-9H2,1H3,(H,29,33)(H,27,28,30)/t12-,16-/m1/s1. The Hall–Kier alpha value is -2.92. The molecule has 9 nitrogen and oxygen atoms in total. The lowest BCUT2D eigenvalue weighted by Gasteiger charge is -2.36. The second-order valence-electron chi connectivity index (χ2n) is 8.26. The largest absolute Gasteiger partial charge is 0.429 e. The Bertz CT molecular complexity index is 1100. The number of hydrogen-bond donors (Lipinski definition) is 2. The van der Waals surface area contributed by atoms with Gasteiger partial charge in [0.25, 0.3) is 0 Å². The number of rotatable bonds is 7. The van der Waals surface area contributed by atoms with Gasteiger partial charge in [-0.3, -0.25) is 9.59 Å². The summed E-state index contributed by atoms with van der Waals surface area (Å²) < 4.78 is 30.6. The van der Waals surface area contributed by atoms with Crippen molar-refractivity contribution in [2.45, 2.75) is 38.5 Å². The minimum Gasteiger partial charge on any atom is -0.429 e. The number of hydrogen-bond acceptors (Lipinski definition) is 7. The Morgan fingerprint density at radius 2 is 2.00 bits per heavy atom. The van der Waals surface area contributed by atoms with Crippen molar-refractivity contribution in [2.24, 2.45) is 0 Å². The summed E-state index contributed by atoms with van der Waals surface area (Å²) in [7, 11) is 0. The number of piperazine rings is 1. The number of amides is 2. The molecule has 13 heteroatoms. The zero-order chi connectivity index (χ0) is 25.1. The van der Waals surface area contributed by atoms with Crippen LogP contribution in [-0.2, 0) is 9.59 Å². The van der Waals surface area contributed by atoms with Gasteiger partial charge in [0.1, 0.15) is 6.04 Å². The van der Waals surface area contributed by atoms with Crippen LogP contribution in [-0.4, -0.2) is 65.5 Å². The van der Waals surface area contributed by atoms with Gasteiger partial charge in [0.2, 0.25) is 17.8 Å². The normalized spacial score (nSPS) is 19.0. The van der Waals surface area contributed by atoms with Crippen molar-refractivity contribution in [2.75, 3.05) is 36.4 Å². The Kier molecular flexibility index (Phi) is 7.75. The molecule has 0 spiro atoms. The minimum atomic E-state index is -3.05. The molecule has 4 rings (SSSR count). The van der Waals surface area contributed by atoms with Gasteiger partial charge in [-0.2, -0.15) is 13.8 Å². The number of carbonyl (C=O) groups is 2. The molecule has 0 bridgehead atoms. The summed E-state index contributed by atoms with van der Waals surface area (Å²) in [6.45, 7) is 0.478. The van der Waals surface area contributed by atoms with E-state index in [4.69, 9.17) is 23.2 Å². The highest BCUT2D eigenvalue weighted by Gasteiger charge is 2.33. The highest BCUT2D eigenvalue weighted by atomic mass is 35.5. The monoisotopic (exact) mass is 528 g/mol. The van der Waals surface area contributed by atoms with E-state index in [-0.39, 0.29) is 23.4 Å². The fraction of sp³-hybridized carbons (Fsp3) is 0.455. The molecule has 0 radical (unpaired) electrons. The first-order chi connectivity index (χ1) is 16.7. The third-order valence-corrected chi connectivity index (χ3v) is 6.47. The van der Waals surface area contributed by atoms with Crippen LogP contribution in [0.2, 0.25) is 10.0 Å². The SMILES string of the molecule is C[C@@H](Nc1nc(N2CCN(C(=O)[C@H]3CCC(=O)N3)CC2)ncc1OC(F)F)c1ccc(Cl)cc1Cl. The van der Waals surface area contributed by atoms with Gasteiger partial charge in [-0.15, -0.1) is 0 Å². The van der Waals surface area contributed by atoms with Gasteiger partial charge in [0.15, 0.2) is 11.6 Å². The molecule has 0 saturated carbocycles. The van der Waals surface area contributed by atoms with Crippen LogP contribution in [0.5, 0.6) is 5.75 Å². The number of nitrogens with one attached hydrogen (secondary N) is 2. The zero-order valence-corrected chi connectivity index (χ0v) is 20.3. The number of nitrogens with zero attached hydrogens (tertiary/aromatic N) is 4. The third-order valence-electron chi connectivity index (χ3n) is 5.91. The molecule has 2 N–H and O–H groups in total. The number of carbonyl (C=O) groups excluding carboxylic acids is 2. The molecule has 2 aliphatic heterocycles. The van der Waals surface area contributed by atoms with Crippen LogP contribution in [0.3, 0.4) is 0 Å². The summed E-state index contributed by atoms with van der Waals surface area (Å²) in [6, 6.07) is 4.13. The highest BCUT2D eigenvalue weighted by molar-refractivity contribution is 6.35. The number of anilines is 2. The predicted molar refractivity (Wildman–Crippen MR) is 127 cm³/mol. The van der Waals surface area contributed by atoms with Crippen molar-refractivity contribution in [3.63, 3.8) is 0 Å². The van der Waals surface area contributed by atoms with E-state index in [0.29, 0.717) is 60.6 Å². The Labute approximate surface area is 210 Å². The van der Waals surface area contributed by atoms with Gasteiger partial charge in [-0.1, -0.05) is 29.3 Å². The second-order valence-corrected chi connectivity index (χ2v) is 9.11. The van der Waals surface area contributed by atoms with Gasteiger partial charge in [0, 0.05) is 42.6 Å². The maximum atomic E-state index is 13.0. The molecule has 3 heterocycles. The van der Waals surface area contributed by atoms with Crippen LogP contribution in [0.1, 0.15) is 31.4 Å². The molecule has 35 heavy (non-hydrogen) atoms. The molecule has 2 aromatic rings. The van der Waals surface area contributed by atoms with Crippen molar-refractivity contribution >= 4 is 46.8 Å². The van der Waals surface area contributed by atoms with Gasteiger partial charge >= 0.3 is 6.61 Å². The van der Waals surface area contributed by atoms with Crippen LogP contribution in [0.4, 0.5) is 20.5 Å². The van der Waals surface area contributed by atoms with Crippen LogP contribution in [0.15, 0.2) is 24.4 Å². The summed E-state index contributed by atoms with van der Waals surface area (Å²) in [5, 5.41) is 6.66. The highest BCUT2D eigenvalue weighted by Crippen LogP contribution is 2.32. The zero-order valence-electron chi connectivity index (χ0n) is 18.8. The summed E-state index contributed by atoms with van der Waals surface area (Å²) in [5.41, 5.74) is 0.699. The molecule has 0 aliphatic carbocycles. The van der Waals surface area contributed by atoms with Gasteiger partial charge in [-0.05, 0) is 31.0 Å². The maximum absolute atomic E-state index is 13.0. The maximum Gasteiger partial charge on any atom is 0.387 e. The lowest BCUT2D eigenvalue weighted by molar-refractivity contribution is -0.134. The fourth-order valence-electron chi connectivity index (χ4n) is 4.08. The van der Waals surface area contributed by atoms with Crippen LogP contribution >= 0.6 is 23.2 Å². The van der Waals surface area contributed by atoms with E-state index in [1.54, 1.807) is 30.0 Å². The topological polar surface area (TPSA) is 99.7 Å². The molecule has 2 saturated heterocycles. The van der Waals surface area contributed by atoms with E-state index in [1.165, 1.54) is 6.20 Å². The number of benzene rings is 1. The molecule has 2 fully saturated rings. The predicted octanol–water partition coefficient (Wildman–Crippen LogP) is 3.49. The Balaban J connectivity index is 1.47. The molecule has 188 valence electrons. The van der Waals surface area contributed by atoms with Gasteiger partial charge in [0.05, 0.1) is 12.2 Å². The summed E-state index contributed by atoms with van der Waals surface area (Å²) in [4.78, 5) is 36.2. The minimum absolute atomic E-state index is 0.0843. The molecule has 0 unspecified atom stereocenters. The average Bonchev–Trinajstić information content (AvgIpc) is 3.25. The summed E-state index contributed by atoms with van der Waals surface area (Å²) >= 11 is 12.3. The summed E-state index contributed by atoms with van der Waals surface area (Å²) in [5.74, 6) is -0.0268. The van der Waals surface area contributed by atoms with Crippen molar-refractivity contribution < 1.29 is 23.1 Å². The smallest absolute Gasteiger partial charge is 0.387 e. The fourth-order valence-corrected chi connectivity index (χ4v) is 4.65. The number of alkyl halides is 2. The van der Waals surface area contributed by atoms with E-state index in [9.17, 15) is 18.4 Å². The number of aromatic nitrogens is 2. The van der Waals surface area contributed by atoms with Gasteiger partial charge in [-0.25, -0.2) is 4.98 Å². The van der Waals surface area contributed by atoms with E-state index < -0.39 is 18.7 Å². The lowest BCUT2D eigenvalue weighted by atomic mass is 10.1. The van der Waals surface area contributed by atoms with E-state index in [2.05, 4.69) is 25.3 Å². The second kappa shape index (κ2) is 10.8. The van der Waals surface area contributed by atoms with E-state index in [0.717, 1.165) is 0 Å². The van der Waals surface area contributed by atoms with Crippen molar-refractivity contribution in [1.82, 2.24) is 20.2 Å². The molecule has 2 aliphatic rings. The van der Waals surface area contributed by atoms with Crippen molar-refractivity contribution in [3.8, 4) is 5.75 Å². The Morgan fingerprint density at radius 1 is 1.26 bits per heavy atom. The van der Waals surface area contributed by atoms with Gasteiger partial charge < -0.3 is 25.2 Å². The molecule has 2 amide bonds. The van der Waals surface area contributed by atoms with Crippen molar-refractivity contribution in [3.05, 3.63) is 40.0 Å².